The van der Waals surface area contributed by atoms with Gasteiger partial charge in [-0.05, 0) is 22.4 Å². The summed E-state index contributed by atoms with van der Waals surface area (Å²) in [5.41, 5.74) is -0.291. The number of nitrogens with zero attached hydrogens (tertiary/aromatic N) is 1. The predicted octanol–water partition coefficient (Wildman–Crippen LogP) is 1.26. The van der Waals surface area contributed by atoms with E-state index in [0.29, 0.717) is 36.5 Å². The van der Waals surface area contributed by atoms with Crippen molar-refractivity contribution in [1.82, 2.24) is 9.88 Å². The van der Waals surface area contributed by atoms with Crippen molar-refractivity contribution in [3.05, 3.63) is 26.6 Å². The number of ether oxygens (including phenoxy) is 2. The number of unbranched alkanes of at least 4 members (excludes halogenated alkanes) is 1. The van der Waals surface area contributed by atoms with Gasteiger partial charge in [-0.1, -0.05) is 13.3 Å². The van der Waals surface area contributed by atoms with Crippen LogP contribution in [0.1, 0.15) is 30.3 Å². The van der Waals surface area contributed by atoms with Gasteiger partial charge in [-0.15, -0.1) is 0 Å². The van der Waals surface area contributed by atoms with Crippen LogP contribution < -0.4 is 15.5 Å². The van der Waals surface area contributed by atoms with Crippen molar-refractivity contribution in [1.29, 1.82) is 0 Å². The molecule has 0 unspecified atom stereocenters. The number of aromatic nitrogens is 1. The van der Waals surface area contributed by atoms with E-state index in [2.05, 4.69) is 21.2 Å². The zero-order chi connectivity index (χ0) is 15.0. The van der Waals surface area contributed by atoms with Crippen LogP contribution in [-0.2, 0) is 10.3 Å². The van der Waals surface area contributed by atoms with Crippen molar-refractivity contribution in [3.63, 3.8) is 0 Å². The van der Waals surface area contributed by atoms with Gasteiger partial charge in [0.15, 0.2) is 11.4 Å². The summed E-state index contributed by atoms with van der Waals surface area (Å²) in [7, 11) is 0. The van der Waals surface area contributed by atoms with E-state index in [0.717, 1.165) is 12.8 Å². The summed E-state index contributed by atoms with van der Waals surface area (Å²) >= 11 is 3.27. The first-order valence-electron chi connectivity index (χ1n) is 7.03. The van der Waals surface area contributed by atoms with Gasteiger partial charge in [0.2, 0.25) is 5.43 Å². The van der Waals surface area contributed by atoms with Crippen LogP contribution in [0.25, 0.3) is 0 Å². The normalized spacial score (nSPS) is 18.9. The van der Waals surface area contributed by atoms with Gasteiger partial charge in [-0.25, -0.2) is 0 Å². The minimum Gasteiger partial charge on any atom is -0.487 e. The summed E-state index contributed by atoms with van der Waals surface area (Å²) in [6.45, 7) is 4.00. The molecule has 3 heterocycles. The number of fused-ring (bicyclic) bond motifs is 2. The second-order valence-electron chi connectivity index (χ2n) is 5.46. The molecule has 2 aliphatic rings. The molecule has 6 nitrogen and oxygen atoms in total. The molecular formula is C14H17BrN2O4. The Hall–Kier alpha value is -1.34. The fourth-order valence-electron chi connectivity index (χ4n) is 2.59. The lowest BCUT2D eigenvalue weighted by Crippen LogP contribution is -2.63. The highest BCUT2D eigenvalue weighted by Gasteiger charge is 2.46. The lowest BCUT2D eigenvalue weighted by atomic mass is 9.93. The summed E-state index contributed by atoms with van der Waals surface area (Å²) in [5, 5.41) is 2.83. The standard InChI is InChI=1S/C14H17BrN2O4/c1-2-3-4-21-12-10-13(19)16-6-14(7-20-8-14)17(10)5-9(15)11(12)18/h5H,2-4,6-8H2,1H3,(H,16,19). The van der Waals surface area contributed by atoms with E-state index in [4.69, 9.17) is 9.47 Å². The van der Waals surface area contributed by atoms with E-state index in [1.165, 1.54) is 0 Å². The fraction of sp³-hybridized carbons (Fsp3) is 0.571. The highest BCUT2D eigenvalue weighted by Crippen LogP contribution is 2.33. The Balaban J connectivity index is 2.11. The van der Waals surface area contributed by atoms with Gasteiger partial charge in [0.1, 0.15) is 5.54 Å². The maximum atomic E-state index is 12.3. The van der Waals surface area contributed by atoms with Gasteiger partial charge >= 0.3 is 0 Å². The number of amides is 1. The molecule has 0 bridgehead atoms. The Morgan fingerprint density at radius 3 is 2.86 bits per heavy atom. The smallest absolute Gasteiger partial charge is 0.272 e. The van der Waals surface area contributed by atoms with E-state index in [9.17, 15) is 9.59 Å². The van der Waals surface area contributed by atoms with Gasteiger partial charge in [-0.2, -0.15) is 0 Å². The number of hydrogen-bond donors (Lipinski definition) is 1. The van der Waals surface area contributed by atoms with E-state index in [-0.39, 0.29) is 22.6 Å². The van der Waals surface area contributed by atoms with E-state index in [1.807, 2.05) is 11.5 Å². The summed E-state index contributed by atoms with van der Waals surface area (Å²) in [6.07, 6.45) is 3.47. The van der Waals surface area contributed by atoms with Crippen molar-refractivity contribution in [3.8, 4) is 5.75 Å². The van der Waals surface area contributed by atoms with Crippen molar-refractivity contribution >= 4 is 21.8 Å². The third-order valence-corrected chi connectivity index (χ3v) is 4.48. The molecule has 1 aromatic rings. The minimum absolute atomic E-state index is 0.126. The number of pyridine rings is 1. The van der Waals surface area contributed by atoms with E-state index < -0.39 is 0 Å². The molecule has 0 radical (unpaired) electrons. The van der Waals surface area contributed by atoms with E-state index in [1.54, 1.807) is 6.20 Å². The van der Waals surface area contributed by atoms with Crippen LogP contribution >= 0.6 is 15.9 Å². The lowest BCUT2D eigenvalue weighted by Gasteiger charge is -2.47. The van der Waals surface area contributed by atoms with Crippen LogP contribution in [0.5, 0.6) is 5.75 Å². The van der Waals surface area contributed by atoms with Crippen LogP contribution in [0.4, 0.5) is 0 Å². The Morgan fingerprint density at radius 2 is 2.24 bits per heavy atom. The average molecular weight is 357 g/mol. The molecule has 7 heteroatoms. The van der Waals surface area contributed by atoms with Crippen LogP contribution in [-0.4, -0.2) is 36.8 Å². The maximum Gasteiger partial charge on any atom is 0.272 e. The first kappa shape index (κ1) is 14.6. The summed E-state index contributed by atoms with van der Waals surface area (Å²) in [6, 6.07) is 0. The molecule has 21 heavy (non-hydrogen) atoms. The summed E-state index contributed by atoms with van der Waals surface area (Å²) in [5.74, 6) is -0.148. The quantitative estimate of drug-likeness (QED) is 0.824. The molecule has 0 atom stereocenters. The van der Waals surface area contributed by atoms with Crippen molar-refractivity contribution in [2.24, 2.45) is 0 Å². The zero-order valence-corrected chi connectivity index (χ0v) is 13.4. The van der Waals surface area contributed by atoms with Crippen molar-refractivity contribution in [2.75, 3.05) is 26.4 Å². The molecule has 1 fully saturated rings. The number of carbonyl (C=O) groups is 1. The van der Waals surface area contributed by atoms with Crippen LogP contribution in [0.15, 0.2) is 15.5 Å². The third-order valence-electron chi connectivity index (χ3n) is 3.91. The molecule has 2 aliphatic heterocycles. The molecule has 1 amide bonds. The summed E-state index contributed by atoms with van der Waals surface area (Å²) in [4.78, 5) is 24.5. The molecule has 1 N–H and O–H groups in total. The number of hydrogen-bond acceptors (Lipinski definition) is 4. The van der Waals surface area contributed by atoms with Gasteiger partial charge in [0, 0.05) is 12.7 Å². The topological polar surface area (TPSA) is 69.6 Å². The zero-order valence-electron chi connectivity index (χ0n) is 11.8. The van der Waals surface area contributed by atoms with Crippen molar-refractivity contribution in [2.45, 2.75) is 25.3 Å². The second-order valence-corrected chi connectivity index (χ2v) is 6.31. The largest absolute Gasteiger partial charge is 0.487 e. The highest BCUT2D eigenvalue weighted by atomic mass is 79.9. The molecule has 0 aromatic carbocycles. The number of rotatable bonds is 4. The predicted molar refractivity (Wildman–Crippen MR) is 79.9 cm³/mol. The van der Waals surface area contributed by atoms with Gasteiger partial charge in [-0.3, -0.25) is 9.59 Å². The van der Waals surface area contributed by atoms with Crippen LogP contribution in [0.3, 0.4) is 0 Å². The Morgan fingerprint density at radius 1 is 1.48 bits per heavy atom. The molecule has 1 aromatic heterocycles. The Kier molecular flexibility index (Phi) is 3.79. The van der Waals surface area contributed by atoms with Crippen molar-refractivity contribution < 1.29 is 14.3 Å². The molecule has 3 rings (SSSR count). The molecule has 1 saturated heterocycles. The van der Waals surface area contributed by atoms with Gasteiger partial charge in [0.25, 0.3) is 5.91 Å². The summed E-state index contributed by atoms with van der Waals surface area (Å²) < 4.78 is 13.2. The molecule has 1 spiro atoms. The fourth-order valence-corrected chi connectivity index (χ4v) is 2.98. The Labute approximate surface area is 130 Å². The number of carbonyl (C=O) groups excluding carboxylic acids is 1. The minimum atomic E-state index is -0.303. The average Bonchev–Trinajstić information content (AvgIpc) is 2.42. The molecule has 114 valence electrons. The monoisotopic (exact) mass is 356 g/mol. The number of halogens is 1. The second kappa shape index (κ2) is 5.46. The third kappa shape index (κ3) is 2.28. The van der Waals surface area contributed by atoms with E-state index >= 15 is 0 Å². The van der Waals surface area contributed by atoms with Crippen LogP contribution in [0, 0.1) is 0 Å². The SMILES string of the molecule is CCCCOc1c2n(cc(Br)c1=O)C1(CNC2=O)COC1. The number of nitrogens with one attached hydrogen (secondary N) is 1. The first-order valence-corrected chi connectivity index (χ1v) is 7.83. The first-order chi connectivity index (χ1) is 10.1. The highest BCUT2D eigenvalue weighted by molar-refractivity contribution is 9.10. The molecule has 0 saturated carbocycles. The molecular weight excluding hydrogens is 340 g/mol. The molecule has 0 aliphatic carbocycles. The lowest BCUT2D eigenvalue weighted by molar-refractivity contribution is -0.102. The van der Waals surface area contributed by atoms with Gasteiger partial charge in [0.05, 0.1) is 24.3 Å². The van der Waals surface area contributed by atoms with Crippen LogP contribution in [0.2, 0.25) is 0 Å². The maximum absolute atomic E-state index is 12.3. The van der Waals surface area contributed by atoms with Gasteiger partial charge < -0.3 is 19.4 Å². The Bertz CT molecular complexity index is 637.